The maximum absolute atomic E-state index is 13.9. The van der Waals surface area contributed by atoms with Crippen molar-refractivity contribution in [3.63, 3.8) is 0 Å². The summed E-state index contributed by atoms with van der Waals surface area (Å²) in [4.78, 5) is 4.23. The van der Waals surface area contributed by atoms with Crippen LogP contribution in [0.15, 0.2) is 79.0 Å². The number of anilines is 1. The summed E-state index contributed by atoms with van der Waals surface area (Å²) in [5.41, 5.74) is 0.447. The summed E-state index contributed by atoms with van der Waals surface area (Å²) in [5, 5.41) is 4.41. The molecule has 2 aromatic carbocycles. The minimum absolute atomic E-state index is 0.375. The quantitative estimate of drug-likeness (QED) is 0.471. The van der Waals surface area contributed by atoms with Crippen molar-refractivity contribution in [1.29, 1.82) is 0 Å². The van der Waals surface area contributed by atoms with Crippen LogP contribution in [0.2, 0.25) is 0 Å². The molecule has 0 spiro atoms. The molecule has 0 atom stereocenters. The summed E-state index contributed by atoms with van der Waals surface area (Å²) < 4.78 is 12.3. The Morgan fingerprint density at radius 3 is 1.84 bits per heavy atom. The number of alkyl halides is 3. The molecule has 0 aliphatic rings. The van der Waals surface area contributed by atoms with Gasteiger partial charge in [0.2, 0.25) is 11.1 Å². The van der Waals surface area contributed by atoms with Gasteiger partial charge in [0.1, 0.15) is 5.82 Å². The molecule has 0 unspecified atom stereocenters. The molecule has 0 aliphatic carbocycles. The minimum atomic E-state index is -3.16. The Labute approximate surface area is 161 Å². The maximum atomic E-state index is 13.9. The van der Waals surface area contributed by atoms with Crippen LogP contribution in [0.25, 0.3) is 0 Å². The van der Waals surface area contributed by atoms with Crippen LogP contribution < -0.4 is 15.7 Å². The van der Waals surface area contributed by atoms with Crippen molar-refractivity contribution in [3.05, 3.63) is 84.6 Å². The number of hydrogen-bond acceptors (Lipinski definition) is 2. The van der Waals surface area contributed by atoms with Gasteiger partial charge in [0.05, 0.1) is 0 Å². The van der Waals surface area contributed by atoms with E-state index in [1.54, 1.807) is 12.1 Å². The first kappa shape index (κ1) is 18.3. The average Bonchev–Trinajstić information content (AvgIpc) is 2.63. The van der Waals surface area contributed by atoms with Crippen LogP contribution >= 0.6 is 42.1 Å². The monoisotopic (exact) mass is 410 g/mol. The van der Waals surface area contributed by atoms with Gasteiger partial charge in [-0.25, -0.2) is 4.98 Å². The molecule has 0 fully saturated rings. The molecule has 0 amide bonds. The lowest BCUT2D eigenvalue weighted by Crippen LogP contribution is -2.22. The van der Waals surface area contributed by atoms with Gasteiger partial charge in [0, 0.05) is 22.4 Å². The number of aromatic nitrogens is 1. The van der Waals surface area contributed by atoms with E-state index < -0.39 is 11.1 Å². The maximum Gasteiger partial charge on any atom is 0.228 e. The van der Waals surface area contributed by atoms with Crippen molar-refractivity contribution in [1.82, 2.24) is 4.98 Å². The zero-order chi connectivity index (χ0) is 17.9. The molecule has 25 heavy (non-hydrogen) atoms. The predicted molar refractivity (Wildman–Crippen MR) is 107 cm³/mol. The van der Waals surface area contributed by atoms with E-state index in [0.717, 1.165) is 0 Å². The fourth-order valence-corrected chi connectivity index (χ4v) is 4.92. The number of nitrogens with one attached hydrogen (secondary N) is 1. The molecule has 3 aromatic rings. The molecule has 1 heterocycles. The third-order valence-electron chi connectivity index (χ3n) is 3.60. The lowest BCUT2D eigenvalue weighted by Gasteiger charge is -2.22. The molecule has 0 saturated carbocycles. The zero-order valence-electron chi connectivity index (χ0n) is 12.9. The summed E-state index contributed by atoms with van der Waals surface area (Å²) in [5.74, 6) is 0.375. The summed E-state index contributed by atoms with van der Waals surface area (Å²) in [7, 11) is -3.16. The molecule has 0 saturated heterocycles. The molecule has 0 radical (unpaired) electrons. The van der Waals surface area contributed by atoms with Gasteiger partial charge in [-0.05, 0) is 36.4 Å². The molecule has 3 nitrogen and oxygen atoms in total. The lowest BCUT2D eigenvalue weighted by atomic mass is 10.3. The number of nitrogens with zero attached hydrogens (tertiary/aromatic N) is 1. The van der Waals surface area contributed by atoms with Crippen LogP contribution in [0.5, 0.6) is 0 Å². The van der Waals surface area contributed by atoms with E-state index in [0.29, 0.717) is 22.0 Å². The van der Waals surface area contributed by atoms with E-state index in [4.69, 9.17) is 34.8 Å². The van der Waals surface area contributed by atoms with Crippen LogP contribution in [0.1, 0.15) is 5.56 Å². The molecular formula is C18H14Cl3N2OP. The SMILES string of the molecule is O=P(Nc1cc(C(Cl)(Cl)Cl)ccn1)(c1ccccc1)c1ccccc1. The van der Waals surface area contributed by atoms with E-state index in [1.165, 1.54) is 6.20 Å². The van der Waals surface area contributed by atoms with Crippen molar-refractivity contribution >= 4 is 58.5 Å². The third kappa shape index (κ3) is 4.19. The topological polar surface area (TPSA) is 42.0 Å². The highest BCUT2D eigenvalue weighted by Crippen LogP contribution is 2.44. The second-order valence-electron chi connectivity index (χ2n) is 5.32. The Hall–Kier alpha value is -1.51. The van der Waals surface area contributed by atoms with Crippen molar-refractivity contribution in [2.75, 3.05) is 5.09 Å². The molecule has 7 heteroatoms. The van der Waals surface area contributed by atoms with Crippen molar-refractivity contribution in [3.8, 4) is 0 Å². The van der Waals surface area contributed by atoms with Gasteiger partial charge in [-0.1, -0.05) is 71.2 Å². The first-order valence-corrected chi connectivity index (χ1v) is 10.3. The Morgan fingerprint density at radius 2 is 1.36 bits per heavy atom. The van der Waals surface area contributed by atoms with Gasteiger partial charge in [-0.3, -0.25) is 4.57 Å². The fraction of sp³-hybridized carbons (Fsp3) is 0.0556. The second kappa shape index (κ2) is 7.39. The van der Waals surface area contributed by atoms with E-state index in [-0.39, 0.29) is 0 Å². The summed E-state index contributed by atoms with van der Waals surface area (Å²) >= 11 is 17.8. The van der Waals surface area contributed by atoms with Gasteiger partial charge in [-0.15, -0.1) is 0 Å². The molecule has 1 aromatic heterocycles. The molecular weight excluding hydrogens is 398 g/mol. The standard InChI is InChI=1S/C18H14Cl3N2OP/c19-18(20,21)14-11-12-22-17(13-14)23-25(24,15-7-3-1-4-8-15)16-9-5-2-6-10-16/h1-13H,(H,22,23,24). The average molecular weight is 412 g/mol. The number of benzene rings is 2. The molecule has 0 aliphatic heterocycles. The Bertz CT molecular complexity index is 855. The predicted octanol–water partition coefficient (Wildman–Crippen LogP) is 5.25. The number of halogens is 3. The molecule has 0 bridgehead atoms. The second-order valence-corrected chi connectivity index (χ2v) is 10.1. The van der Waals surface area contributed by atoms with Crippen molar-refractivity contribution in [2.24, 2.45) is 0 Å². The van der Waals surface area contributed by atoms with Crippen molar-refractivity contribution in [2.45, 2.75) is 3.79 Å². The van der Waals surface area contributed by atoms with E-state index >= 15 is 0 Å². The number of hydrogen-bond donors (Lipinski definition) is 1. The lowest BCUT2D eigenvalue weighted by molar-refractivity contribution is 0.590. The Morgan fingerprint density at radius 1 is 0.840 bits per heavy atom. The number of rotatable bonds is 4. The van der Waals surface area contributed by atoms with E-state index in [2.05, 4.69) is 10.1 Å². The Balaban J connectivity index is 2.07. The number of pyridine rings is 1. The van der Waals surface area contributed by atoms with Gasteiger partial charge in [0.25, 0.3) is 0 Å². The van der Waals surface area contributed by atoms with Crippen molar-refractivity contribution < 1.29 is 4.57 Å². The molecule has 1 N–H and O–H groups in total. The first-order valence-electron chi connectivity index (χ1n) is 7.42. The highest BCUT2D eigenvalue weighted by Gasteiger charge is 2.29. The van der Waals surface area contributed by atoms with E-state index in [1.807, 2.05) is 60.7 Å². The van der Waals surface area contributed by atoms with E-state index in [9.17, 15) is 4.57 Å². The largest absolute Gasteiger partial charge is 0.314 e. The smallest absolute Gasteiger partial charge is 0.228 e. The highest BCUT2D eigenvalue weighted by molar-refractivity contribution is 7.80. The Kier molecular flexibility index (Phi) is 5.41. The third-order valence-corrected chi connectivity index (χ3v) is 6.85. The van der Waals surface area contributed by atoms with Crippen LogP contribution in [0.3, 0.4) is 0 Å². The highest BCUT2D eigenvalue weighted by atomic mass is 35.6. The summed E-state index contributed by atoms with van der Waals surface area (Å²) in [6, 6.07) is 21.6. The van der Waals surface area contributed by atoms with Crippen LogP contribution in [-0.4, -0.2) is 4.98 Å². The van der Waals surface area contributed by atoms with Gasteiger partial charge < -0.3 is 5.09 Å². The normalized spacial score (nSPS) is 12.0. The first-order chi connectivity index (χ1) is 11.9. The van der Waals surface area contributed by atoms with Crippen LogP contribution in [0, 0.1) is 0 Å². The molecule has 128 valence electrons. The minimum Gasteiger partial charge on any atom is -0.314 e. The summed E-state index contributed by atoms with van der Waals surface area (Å²) in [6.07, 6.45) is 1.51. The molecule has 3 rings (SSSR count). The fourth-order valence-electron chi connectivity index (χ4n) is 2.38. The summed E-state index contributed by atoms with van der Waals surface area (Å²) in [6.45, 7) is 0. The van der Waals surface area contributed by atoms with Gasteiger partial charge >= 0.3 is 0 Å². The van der Waals surface area contributed by atoms with Crippen LogP contribution in [-0.2, 0) is 8.36 Å². The zero-order valence-corrected chi connectivity index (χ0v) is 16.1. The van der Waals surface area contributed by atoms with Gasteiger partial charge in [-0.2, -0.15) is 0 Å². The van der Waals surface area contributed by atoms with Crippen LogP contribution in [0.4, 0.5) is 5.82 Å². The van der Waals surface area contributed by atoms with Gasteiger partial charge in [0.15, 0.2) is 0 Å².